The molecule has 0 saturated carbocycles. The minimum atomic E-state index is -0.673. The lowest BCUT2D eigenvalue weighted by Crippen LogP contribution is -2.54. The van der Waals surface area contributed by atoms with Crippen LogP contribution in [0, 0.1) is 5.92 Å². The molecule has 0 bridgehead atoms. The van der Waals surface area contributed by atoms with Crippen molar-refractivity contribution in [3.63, 3.8) is 0 Å². The summed E-state index contributed by atoms with van der Waals surface area (Å²) in [5, 5.41) is 5.09. The van der Waals surface area contributed by atoms with E-state index in [0.717, 1.165) is 17.7 Å². The molecular formula is C18H25N3O4. The number of carbonyl (C=O) groups excluding carboxylic acids is 3. The second kappa shape index (κ2) is 8.50. The number of amides is 3. The number of benzene rings is 1. The zero-order chi connectivity index (χ0) is 18.4. The van der Waals surface area contributed by atoms with Crippen LogP contribution in [0.25, 0.3) is 0 Å². The Kier molecular flexibility index (Phi) is 6.38. The number of nitrogens with one attached hydrogen (secondary N) is 2. The smallest absolute Gasteiger partial charge is 0.325 e. The molecule has 2 N–H and O–H groups in total. The van der Waals surface area contributed by atoms with Gasteiger partial charge in [0.1, 0.15) is 12.6 Å². The average molecular weight is 347 g/mol. The molecule has 1 aliphatic heterocycles. The van der Waals surface area contributed by atoms with Gasteiger partial charge in [-0.3, -0.25) is 9.59 Å². The zero-order valence-electron chi connectivity index (χ0n) is 14.9. The van der Waals surface area contributed by atoms with Crippen molar-refractivity contribution in [2.24, 2.45) is 5.92 Å². The second-order valence-corrected chi connectivity index (χ2v) is 6.22. The molecule has 0 aliphatic carbocycles. The van der Waals surface area contributed by atoms with Crippen LogP contribution in [0.2, 0.25) is 0 Å². The number of hydrogen-bond donors (Lipinski definition) is 2. The number of rotatable bonds is 6. The van der Waals surface area contributed by atoms with E-state index in [0.29, 0.717) is 6.54 Å². The molecule has 1 heterocycles. The van der Waals surface area contributed by atoms with Gasteiger partial charge in [-0.2, -0.15) is 0 Å². The van der Waals surface area contributed by atoms with E-state index in [2.05, 4.69) is 10.6 Å². The fraction of sp³-hybridized carbons (Fsp3) is 0.500. The molecule has 0 saturated heterocycles. The first-order valence-electron chi connectivity index (χ1n) is 8.53. The van der Waals surface area contributed by atoms with Gasteiger partial charge >= 0.3 is 12.0 Å². The van der Waals surface area contributed by atoms with E-state index in [1.165, 1.54) is 0 Å². The topological polar surface area (TPSA) is 87.7 Å². The molecule has 1 aromatic rings. The monoisotopic (exact) mass is 347 g/mol. The van der Waals surface area contributed by atoms with Crippen LogP contribution in [0.1, 0.15) is 26.3 Å². The van der Waals surface area contributed by atoms with Gasteiger partial charge in [0.05, 0.1) is 6.61 Å². The summed E-state index contributed by atoms with van der Waals surface area (Å²) in [6.45, 7) is 6.06. The lowest BCUT2D eigenvalue weighted by molar-refractivity contribution is -0.141. The normalized spacial score (nSPS) is 14.0. The third-order valence-corrected chi connectivity index (χ3v) is 4.07. The minimum Gasteiger partial charge on any atom is -0.465 e. The van der Waals surface area contributed by atoms with E-state index in [-0.39, 0.29) is 25.0 Å². The standard InChI is InChI=1S/C18H25N3O4/c1-4-25-15(22)11-19-18(24)20-16(12(2)3)17(23)21-10-9-13-7-5-6-8-14(13)21/h5-8,12,16H,4,9-11H2,1-3H3,(H2,19,20,24). The van der Waals surface area contributed by atoms with Gasteiger partial charge in [0.15, 0.2) is 0 Å². The second-order valence-electron chi connectivity index (χ2n) is 6.22. The van der Waals surface area contributed by atoms with Crippen LogP contribution in [0.4, 0.5) is 10.5 Å². The summed E-state index contributed by atoms with van der Waals surface area (Å²) < 4.78 is 4.76. The van der Waals surface area contributed by atoms with Gasteiger partial charge < -0.3 is 20.3 Å². The first kappa shape index (κ1) is 18.8. The van der Waals surface area contributed by atoms with Crippen LogP contribution in [-0.2, 0) is 20.7 Å². The van der Waals surface area contributed by atoms with Crippen molar-refractivity contribution in [1.82, 2.24) is 10.6 Å². The van der Waals surface area contributed by atoms with Crippen LogP contribution >= 0.6 is 0 Å². The van der Waals surface area contributed by atoms with Crippen LogP contribution in [0.5, 0.6) is 0 Å². The minimum absolute atomic E-state index is 0.0893. The molecule has 0 radical (unpaired) electrons. The number of nitrogens with zero attached hydrogens (tertiary/aromatic N) is 1. The molecule has 0 fully saturated rings. The summed E-state index contributed by atoms with van der Waals surface area (Å²) in [5.74, 6) is -0.751. The Hall–Kier alpha value is -2.57. The fourth-order valence-electron chi connectivity index (χ4n) is 2.81. The molecule has 1 atom stereocenters. The largest absolute Gasteiger partial charge is 0.465 e. The van der Waals surface area contributed by atoms with E-state index in [1.807, 2.05) is 38.1 Å². The molecule has 0 aromatic heterocycles. The van der Waals surface area contributed by atoms with E-state index in [1.54, 1.807) is 11.8 Å². The van der Waals surface area contributed by atoms with Crippen LogP contribution in [-0.4, -0.2) is 43.6 Å². The molecule has 136 valence electrons. The van der Waals surface area contributed by atoms with Crippen molar-refractivity contribution in [2.75, 3.05) is 24.6 Å². The van der Waals surface area contributed by atoms with Gasteiger partial charge in [0.2, 0.25) is 5.91 Å². The Morgan fingerprint density at radius 3 is 2.64 bits per heavy atom. The van der Waals surface area contributed by atoms with E-state index < -0.39 is 18.0 Å². The number of hydrogen-bond acceptors (Lipinski definition) is 4. The zero-order valence-corrected chi connectivity index (χ0v) is 14.9. The summed E-state index contributed by atoms with van der Waals surface area (Å²) in [6, 6.07) is 6.54. The van der Waals surface area contributed by atoms with Crippen molar-refractivity contribution in [1.29, 1.82) is 0 Å². The SMILES string of the molecule is CCOC(=O)CNC(=O)NC(C(=O)N1CCc2ccccc21)C(C)C. The highest BCUT2D eigenvalue weighted by molar-refractivity contribution is 6.00. The lowest BCUT2D eigenvalue weighted by Gasteiger charge is -2.27. The Bertz CT molecular complexity index is 645. The van der Waals surface area contributed by atoms with Crippen LogP contribution < -0.4 is 15.5 Å². The molecule has 1 aromatic carbocycles. The van der Waals surface area contributed by atoms with Crippen LogP contribution in [0.3, 0.4) is 0 Å². The Morgan fingerprint density at radius 2 is 1.96 bits per heavy atom. The third kappa shape index (κ3) is 4.71. The number of esters is 1. The number of carbonyl (C=O) groups is 3. The van der Waals surface area contributed by atoms with Gasteiger partial charge in [-0.25, -0.2) is 4.79 Å². The van der Waals surface area contributed by atoms with Gasteiger partial charge in [0.25, 0.3) is 0 Å². The molecule has 0 spiro atoms. The Balaban J connectivity index is 2.00. The molecule has 2 rings (SSSR count). The van der Waals surface area contributed by atoms with Crippen molar-refractivity contribution in [2.45, 2.75) is 33.2 Å². The summed E-state index contributed by atoms with van der Waals surface area (Å²) in [6.07, 6.45) is 0.807. The van der Waals surface area contributed by atoms with E-state index in [4.69, 9.17) is 4.74 Å². The highest BCUT2D eigenvalue weighted by atomic mass is 16.5. The predicted molar refractivity (Wildman–Crippen MR) is 94.3 cm³/mol. The highest BCUT2D eigenvalue weighted by Crippen LogP contribution is 2.28. The fourth-order valence-corrected chi connectivity index (χ4v) is 2.81. The van der Waals surface area contributed by atoms with Crippen molar-refractivity contribution in [3.8, 4) is 0 Å². The average Bonchev–Trinajstić information content (AvgIpc) is 3.01. The molecule has 7 heteroatoms. The van der Waals surface area contributed by atoms with Gasteiger partial charge in [-0.15, -0.1) is 0 Å². The lowest BCUT2D eigenvalue weighted by atomic mass is 10.0. The van der Waals surface area contributed by atoms with Gasteiger partial charge in [0, 0.05) is 12.2 Å². The van der Waals surface area contributed by atoms with Crippen molar-refractivity contribution in [3.05, 3.63) is 29.8 Å². The van der Waals surface area contributed by atoms with Gasteiger partial charge in [-0.1, -0.05) is 32.0 Å². The summed E-state index contributed by atoms with van der Waals surface area (Å²) in [5.41, 5.74) is 2.03. The summed E-state index contributed by atoms with van der Waals surface area (Å²) in [7, 11) is 0. The quantitative estimate of drug-likeness (QED) is 0.763. The first-order valence-corrected chi connectivity index (χ1v) is 8.53. The van der Waals surface area contributed by atoms with E-state index >= 15 is 0 Å². The van der Waals surface area contributed by atoms with E-state index in [9.17, 15) is 14.4 Å². The van der Waals surface area contributed by atoms with Crippen molar-refractivity contribution < 1.29 is 19.1 Å². The van der Waals surface area contributed by atoms with Crippen molar-refractivity contribution >= 4 is 23.6 Å². The maximum atomic E-state index is 12.9. The number of anilines is 1. The maximum absolute atomic E-state index is 12.9. The number of para-hydroxylation sites is 1. The summed E-state index contributed by atoms with van der Waals surface area (Å²) >= 11 is 0. The number of ether oxygens (including phenoxy) is 1. The molecule has 1 unspecified atom stereocenters. The maximum Gasteiger partial charge on any atom is 0.325 e. The molecule has 3 amide bonds. The first-order chi connectivity index (χ1) is 11.9. The Labute approximate surface area is 147 Å². The molecular weight excluding hydrogens is 322 g/mol. The van der Waals surface area contributed by atoms with Gasteiger partial charge in [-0.05, 0) is 30.9 Å². The summed E-state index contributed by atoms with van der Waals surface area (Å²) in [4.78, 5) is 38.0. The Morgan fingerprint density at radius 1 is 1.24 bits per heavy atom. The molecule has 25 heavy (non-hydrogen) atoms. The molecule has 7 nitrogen and oxygen atoms in total. The van der Waals surface area contributed by atoms with Crippen LogP contribution in [0.15, 0.2) is 24.3 Å². The highest BCUT2D eigenvalue weighted by Gasteiger charge is 2.32. The molecule has 1 aliphatic rings. The predicted octanol–water partition coefficient (Wildman–Crippen LogP) is 1.46. The number of urea groups is 1. The third-order valence-electron chi connectivity index (χ3n) is 4.07. The number of fused-ring (bicyclic) bond motifs is 1.